The molecule has 0 aromatic rings. The van der Waals surface area contributed by atoms with Crippen molar-refractivity contribution < 1.29 is 0 Å². The predicted molar refractivity (Wildman–Crippen MR) is 62.1 cm³/mol. The Balaban J connectivity index is 2.16. The van der Waals surface area contributed by atoms with E-state index in [0.717, 1.165) is 23.7 Å². The van der Waals surface area contributed by atoms with Gasteiger partial charge < -0.3 is 0 Å². The second kappa shape index (κ2) is 2.77. The molecule has 3 aliphatic rings. The highest BCUT2D eigenvalue weighted by atomic mass is 14.6. The SMILES string of the molecule is C[C@@H]1C(C(C)(C)C)C[C@@H]2C[C@H]1C2(C)C. The Morgan fingerprint density at radius 2 is 1.64 bits per heavy atom. The Kier molecular flexibility index (Phi) is 2.08. The first kappa shape index (κ1) is 10.5. The van der Waals surface area contributed by atoms with Crippen LogP contribution in [0, 0.1) is 34.5 Å². The molecule has 0 aromatic heterocycles. The van der Waals surface area contributed by atoms with E-state index in [1.807, 2.05) is 0 Å². The van der Waals surface area contributed by atoms with Gasteiger partial charge in [0.1, 0.15) is 0 Å². The first-order valence-electron chi connectivity index (χ1n) is 6.24. The molecule has 82 valence electrons. The average Bonchev–Trinajstić information content (AvgIpc) is 2.01. The van der Waals surface area contributed by atoms with Gasteiger partial charge in [0.2, 0.25) is 0 Å². The van der Waals surface area contributed by atoms with Crippen molar-refractivity contribution >= 4 is 0 Å². The van der Waals surface area contributed by atoms with Crippen molar-refractivity contribution in [1.29, 1.82) is 0 Å². The van der Waals surface area contributed by atoms with Crippen molar-refractivity contribution in [2.45, 2.75) is 54.4 Å². The van der Waals surface area contributed by atoms with E-state index in [-0.39, 0.29) is 0 Å². The lowest BCUT2D eigenvalue weighted by Gasteiger charge is -2.64. The largest absolute Gasteiger partial charge is 0.0619 e. The Hall–Kier alpha value is 0. The molecule has 0 aromatic carbocycles. The fraction of sp³-hybridized carbons (Fsp3) is 1.00. The summed E-state index contributed by atoms with van der Waals surface area (Å²) in [4.78, 5) is 0. The molecule has 2 bridgehead atoms. The van der Waals surface area contributed by atoms with Crippen LogP contribution in [0.25, 0.3) is 0 Å². The smallest absolute Gasteiger partial charge is 0.0295 e. The standard InChI is InChI=1S/C14H26/c1-9-11(13(2,3)4)7-10-8-12(9)14(10,5)6/h9-12H,7-8H2,1-6H3/t9-,10-,11?,12-/m1/s1. The summed E-state index contributed by atoms with van der Waals surface area (Å²) in [5.74, 6) is 3.92. The topological polar surface area (TPSA) is 0 Å². The quantitative estimate of drug-likeness (QED) is 0.538. The van der Waals surface area contributed by atoms with E-state index >= 15 is 0 Å². The van der Waals surface area contributed by atoms with Crippen molar-refractivity contribution in [2.75, 3.05) is 0 Å². The van der Waals surface area contributed by atoms with Crippen LogP contribution in [0.4, 0.5) is 0 Å². The Labute approximate surface area is 89.5 Å². The lowest BCUT2D eigenvalue weighted by atomic mass is 9.41. The summed E-state index contributed by atoms with van der Waals surface area (Å²) in [6.45, 7) is 14.7. The molecule has 3 saturated carbocycles. The molecular weight excluding hydrogens is 168 g/mol. The van der Waals surface area contributed by atoms with Crippen LogP contribution in [0.5, 0.6) is 0 Å². The van der Waals surface area contributed by atoms with E-state index < -0.39 is 0 Å². The third kappa shape index (κ3) is 1.26. The van der Waals surface area contributed by atoms with Gasteiger partial charge in [-0.05, 0) is 47.3 Å². The third-order valence-corrected chi connectivity index (χ3v) is 5.47. The highest BCUT2D eigenvalue weighted by molar-refractivity contribution is 5.06. The Morgan fingerprint density at radius 1 is 1.07 bits per heavy atom. The molecule has 0 heteroatoms. The van der Waals surface area contributed by atoms with Crippen molar-refractivity contribution in [1.82, 2.24) is 0 Å². The summed E-state index contributed by atoms with van der Waals surface area (Å²) in [5, 5.41) is 0. The highest BCUT2D eigenvalue weighted by Gasteiger charge is 2.57. The predicted octanol–water partition coefficient (Wildman–Crippen LogP) is 4.35. The van der Waals surface area contributed by atoms with Crippen LogP contribution in [-0.2, 0) is 0 Å². The van der Waals surface area contributed by atoms with Crippen LogP contribution in [0.1, 0.15) is 54.4 Å². The molecule has 0 aliphatic heterocycles. The average molecular weight is 194 g/mol. The fourth-order valence-electron chi connectivity index (χ4n) is 4.29. The molecule has 3 aliphatic carbocycles. The molecule has 0 nitrogen and oxygen atoms in total. The van der Waals surface area contributed by atoms with Gasteiger partial charge in [0.25, 0.3) is 0 Å². The van der Waals surface area contributed by atoms with Crippen molar-refractivity contribution in [2.24, 2.45) is 34.5 Å². The van der Waals surface area contributed by atoms with Crippen LogP contribution < -0.4 is 0 Å². The van der Waals surface area contributed by atoms with Gasteiger partial charge in [0.15, 0.2) is 0 Å². The molecule has 0 heterocycles. The van der Waals surface area contributed by atoms with Crippen LogP contribution in [0.15, 0.2) is 0 Å². The summed E-state index contributed by atoms with van der Waals surface area (Å²) >= 11 is 0. The Morgan fingerprint density at radius 3 is 2.00 bits per heavy atom. The van der Waals surface area contributed by atoms with E-state index in [9.17, 15) is 0 Å². The van der Waals surface area contributed by atoms with Gasteiger partial charge in [-0.1, -0.05) is 41.5 Å². The second-order valence-corrected chi connectivity index (χ2v) is 7.43. The normalized spacial score (nSPS) is 45.9. The zero-order valence-electron chi connectivity index (χ0n) is 10.7. The number of hydrogen-bond donors (Lipinski definition) is 0. The van der Waals surface area contributed by atoms with E-state index in [1.165, 1.54) is 12.8 Å². The fourth-order valence-corrected chi connectivity index (χ4v) is 4.29. The van der Waals surface area contributed by atoms with E-state index in [4.69, 9.17) is 0 Å². The van der Waals surface area contributed by atoms with Crippen LogP contribution in [-0.4, -0.2) is 0 Å². The second-order valence-electron chi connectivity index (χ2n) is 7.43. The van der Waals surface area contributed by atoms with E-state index in [1.54, 1.807) is 0 Å². The maximum Gasteiger partial charge on any atom is -0.0295 e. The molecule has 1 unspecified atom stereocenters. The highest BCUT2D eigenvalue weighted by Crippen LogP contribution is 2.65. The maximum absolute atomic E-state index is 2.50. The molecule has 0 spiro atoms. The first-order chi connectivity index (χ1) is 6.24. The minimum atomic E-state index is 0.521. The Bertz CT molecular complexity index is 231. The molecule has 0 N–H and O–H groups in total. The zero-order valence-corrected chi connectivity index (χ0v) is 10.7. The van der Waals surface area contributed by atoms with Gasteiger partial charge in [-0.2, -0.15) is 0 Å². The van der Waals surface area contributed by atoms with Gasteiger partial charge in [-0.3, -0.25) is 0 Å². The van der Waals surface area contributed by atoms with Crippen LogP contribution in [0.3, 0.4) is 0 Å². The third-order valence-electron chi connectivity index (χ3n) is 5.47. The summed E-state index contributed by atoms with van der Waals surface area (Å²) in [7, 11) is 0. The van der Waals surface area contributed by atoms with Crippen molar-refractivity contribution in [3.8, 4) is 0 Å². The molecule has 4 atom stereocenters. The van der Waals surface area contributed by atoms with Crippen molar-refractivity contribution in [3.63, 3.8) is 0 Å². The lowest BCUT2D eigenvalue weighted by Crippen LogP contribution is -2.57. The summed E-state index contributed by atoms with van der Waals surface area (Å²) < 4.78 is 0. The van der Waals surface area contributed by atoms with Crippen LogP contribution >= 0.6 is 0 Å². The summed E-state index contributed by atoms with van der Waals surface area (Å²) in [6, 6.07) is 0. The molecule has 0 radical (unpaired) electrons. The minimum absolute atomic E-state index is 0.521. The summed E-state index contributed by atoms with van der Waals surface area (Å²) in [5.41, 5.74) is 1.17. The molecule has 3 rings (SSSR count). The van der Waals surface area contributed by atoms with Gasteiger partial charge in [0.05, 0.1) is 0 Å². The lowest BCUT2D eigenvalue weighted by molar-refractivity contribution is -0.150. The number of rotatable bonds is 0. The number of hydrogen-bond acceptors (Lipinski definition) is 0. The monoisotopic (exact) mass is 194 g/mol. The molecule has 14 heavy (non-hydrogen) atoms. The number of fused-ring (bicyclic) bond motifs is 2. The molecule has 3 fully saturated rings. The van der Waals surface area contributed by atoms with Gasteiger partial charge in [-0.15, -0.1) is 0 Å². The maximum atomic E-state index is 2.50. The molecule has 0 saturated heterocycles. The summed E-state index contributed by atoms with van der Waals surface area (Å²) in [6.07, 6.45) is 2.99. The minimum Gasteiger partial charge on any atom is -0.0619 e. The molecule has 0 amide bonds. The van der Waals surface area contributed by atoms with E-state index in [2.05, 4.69) is 41.5 Å². The zero-order chi connectivity index (χ0) is 10.7. The molecular formula is C14H26. The van der Waals surface area contributed by atoms with Crippen molar-refractivity contribution in [3.05, 3.63) is 0 Å². The van der Waals surface area contributed by atoms with Gasteiger partial charge in [0, 0.05) is 0 Å². The van der Waals surface area contributed by atoms with E-state index in [0.29, 0.717) is 10.8 Å². The van der Waals surface area contributed by atoms with Crippen LogP contribution in [0.2, 0.25) is 0 Å². The van der Waals surface area contributed by atoms with Gasteiger partial charge >= 0.3 is 0 Å². The van der Waals surface area contributed by atoms with Gasteiger partial charge in [-0.25, -0.2) is 0 Å². The first-order valence-corrected chi connectivity index (χ1v) is 6.24.